The van der Waals surface area contributed by atoms with Crippen LogP contribution in [0.3, 0.4) is 0 Å². The molecular weight excluding hydrogens is 362 g/mol. The molecule has 1 fully saturated rings. The summed E-state index contributed by atoms with van der Waals surface area (Å²) in [5.74, 6) is -1.21. The standard InChI is InChI=1S/C13H16BrNO5S/c14-10-6-5-8(7-9(10)13(17)18)21(19,20)15-11-3-1-2-4-12(11)16/h5-7,11-12,15-16H,1-4H2,(H,17,18)/t11-,12-/m1/s1. The van der Waals surface area contributed by atoms with Crippen molar-refractivity contribution in [1.29, 1.82) is 0 Å². The molecular formula is C13H16BrNO5S. The monoisotopic (exact) mass is 377 g/mol. The number of aromatic carboxylic acids is 1. The molecule has 2 atom stereocenters. The summed E-state index contributed by atoms with van der Waals surface area (Å²) < 4.78 is 27.4. The van der Waals surface area contributed by atoms with E-state index in [9.17, 15) is 18.3 Å². The molecule has 116 valence electrons. The van der Waals surface area contributed by atoms with E-state index < -0.39 is 28.1 Å². The maximum Gasteiger partial charge on any atom is 0.336 e. The van der Waals surface area contributed by atoms with Crippen molar-refractivity contribution < 1.29 is 23.4 Å². The molecule has 0 heterocycles. The summed E-state index contributed by atoms with van der Waals surface area (Å²) >= 11 is 3.07. The molecule has 1 aromatic rings. The second kappa shape index (κ2) is 6.43. The molecule has 0 unspecified atom stereocenters. The first-order valence-electron chi connectivity index (χ1n) is 6.54. The smallest absolute Gasteiger partial charge is 0.336 e. The molecule has 6 nitrogen and oxygen atoms in total. The molecule has 1 saturated carbocycles. The third-order valence-electron chi connectivity index (χ3n) is 3.51. The van der Waals surface area contributed by atoms with Crippen LogP contribution in [-0.2, 0) is 10.0 Å². The molecule has 1 aliphatic carbocycles. The van der Waals surface area contributed by atoms with Crippen molar-refractivity contribution in [2.75, 3.05) is 0 Å². The maximum absolute atomic E-state index is 12.3. The first-order valence-corrected chi connectivity index (χ1v) is 8.82. The van der Waals surface area contributed by atoms with Crippen molar-refractivity contribution in [3.63, 3.8) is 0 Å². The highest BCUT2D eigenvalue weighted by molar-refractivity contribution is 9.10. The fraction of sp³-hybridized carbons (Fsp3) is 0.462. The van der Waals surface area contributed by atoms with E-state index in [0.29, 0.717) is 17.3 Å². The van der Waals surface area contributed by atoms with E-state index in [-0.39, 0.29) is 10.5 Å². The number of rotatable bonds is 4. The third kappa shape index (κ3) is 3.82. The summed E-state index contributed by atoms with van der Waals surface area (Å²) in [7, 11) is -3.86. The Morgan fingerprint density at radius 1 is 1.29 bits per heavy atom. The molecule has 0 radical (unpaired) electrons. The molecule has 3 N–H and O–H groups in total. The Morgan fingerprint density at radius 3 is 2.57 bits per heavy atom. The lowest BCUT2D eigenvalue weighted by atomic mass is 9.93. The maximum atomic E-state index is 12.3. The molecule has 1 aromatic carbocycles. The fourth-order valence-electron chi connectivity index (χ4n) is 2.35. The minimum atomic E-state index is -3.86. The van der Waals surface area contributed by atoms with E-state index in [0.717, 1.165) is 18.9 Å². The zero-order valence-corrected chi connectivity index (χ0v) is 13.5. The van der Waals surface area contributed by atoms with Gasteiger partial charge in [-0.25, -0.2) is 17.9 Å². The van der Waals surface area contributed by atoms with Crippen LogP contribution in [0.4, 0.5) is 0 Å². The number of hydrogen-bond acceptors (Lipinski definition) is 4. The van der Waals surface area contributed by atoms with Crippen molar-refractivity contribution in [2.24, 2.45) is 0 Å². The van der Waals surface area contributed by atoms with Crippen LogP contribution in [0.25, 0.3) is 0 Å². The van der Waals surface area contributed by atoms with Gasteiger partial charge in [0.1, 0.15) is 0 Å². The van der Waals surface area contributed by atoms with Gasteiger partial charge in [-0.1, -0.05) is 12.8 Å². The fourth-order valence-corrected chi connectivity index (χ4v) is 4.10. The van der Waals surface area contributed by atoms with Gasteiger partial charge in [0.25, 0.3) is 0 Å². The SMILES string of the molecule is O=C(O)c1cc(S(=O)(=O)N[C@@H]2CCCC[C@H]2O)ccc1Br. The Labute approximate surface area is 131 Å². The van der Waals surface area contributed by atoms with Gasteiger partial charge in [-0.05, 0) is 47.0 Å². The average molecular weight is 378 g/mol. The summed E-state index contributed by atoms with van der Waals surface area (Å²) in [6.45, 7) is 0. The van der Waals surface area contributed by atoms with Gasteiger partial charge in [-0.3, -0.25) is 0 Å². The van der Waals surface area contributed by atoms with Crippen molar-refractivity contribution in [3.05, 3.63) is 28.2 Å². The van der Waals surface area contributed by atoms with E-state index in [1.807, 2.05) is 0 Å². The molecule has 0 aromatic heterocycles. The number of carbonyl (C=O) groups is 1. The van der Waals surface area contributed by atoms with Crippen LogP contribution in [0.2, 0.25) is 0 Å². The number of carboxylic acids is 1. The Bertz CT molecular complexity index is 646. The highest BCUT2D eigenvalue weighted by atomic mass is 79.9. The van der Waals surface area contributed by atoms with Crippen LogP contribution in [0, 0.1) is 0 Å². The predicted molar refractivity (Wildman–Crippen MR) is 79.7 cm³/mol. The third-order valence-corrected chi connectivity index (χ3v) is 5.69. The van der Waals surface area contributed by atoms with E-state index >= 15 is 0 Å². The van der Waals surface area contributed by atoms with Crippen LogP contribution in [0.15, 0.2) is 27.6 Å². The summed E-state index contributed by atoms with van der Waals surface area (Å²) in [6.07, 6.45) is 2.16. The zero-order chi connectivity index (χ0) is 15.6. The molecule has 8 heteroatoms. The van der Waals surface area contributed by atoms with E-state index in [2.05, 4.69) is 20.7 Å². The lowest BCUT2D eigenvalue weighted by Gasteiger charge is -2.28. The Morgan fingerprint density at radius 2 is 1.95 bits per heavy atom. The van der Waals surface area contributed by atoms with Crippen molar-refractivity contribution in [2.45, 2.75) is 42.7 Å². The summed E-state index contributed by atoms with van der Waals surface area (Å²) in [6, 6.07) is 3.29. The largest absolute Gasteiger partial charge is 0.478 e. The van der Waals surface area contributed by atoms with E-state index in [4.69, 9.17) is 5.11 Å². The molecule has 0 amide bonds. The summed E-state index contributed by atoms with van der Waals surface area (Å²) in [5, 5.41) is 18.9. The van der Waals surface area contributed by atoms with Gasteiger partial charge in [0, 0.05) is 10.5 Å². The number of carboxylic acid groups (broad SMARTS) is 1. The number of hydrogen-bond donors (Lipinski definition) is 3. The number of halogens is 1. The number of sulfonamides is 1. The normalized spacial score (nSPS) is 23.0. The topological polar surface area (TPSA) is 104 Å². The lowest BCUT2D eigenvalue weighted by Crippen LogP contribution is -2.44. The molecule has 2 rings (SSSR count). The van der Waals surface area contributed by atoms with Crippen LogP contribution in [0.5, 0.6) is 0 Å². The number of nitrogens with one attached hydrogen (secondary N) is 1. The van der Waals surface area contributed by atoms with E-state index in [1.165, 1.54) is 12.1 Å². The van der Waals surface area contributed by atoms with Gasteiger partial charge in [0.15, 0.2) is 0 Å². The molecule has 0 bridgehead atoms. The second-order valence-corrected chi connectivity index (χ2v) is 7.59. The quantitative estimate of drug-likeness (QED) is 0.740. The van der Waals surface area contributed by atoms with Crippen LogP contribution in [-0.4, -0.2) is 36.7 Å². The Hall–Kier alpha value is -0.960. The molecule has 21 heavy (non-hydrogen) atoms. The number of aliphatic hydroxyl groups is 1. The van der Waals surface area contributed by atoms with Crippen LogP contribution < -0.4 is 4.72 Å². The van der Waals surface area contributed by atoms with Crippen molar-refractivity contribution in [1.82, 2.24) is 4.72 Å². The minimum Gasteiger partial charge on any atom is -0.478 e. The molecule has 1 aliphatic rings. The first-order chi connectivity index (χ1) is 9.81. The summed E-state index contributed by atoms with van der Waals surface area (Å²) in [5.41, 5.74) is -0.123. The van der Waals surface area contributed by atoms with Gasteiger partial charge in [-0.2, -0.15) is 0 Å². The van der Waals surface area contributed by atoms with Crippen molar-refractivity contribution in [3.8, 4) is 0 Å². The number of aliphatic hydroxyl groups excluding tert-OH is 1. The highest BCUT2D eigenvalue weighted by Gasteiger charge is 2.28. The van der Waals surface area contributed by atoms with Gasteiger partial charge in [0.05, 0.1) is 16.6 Å². The second-order valence-electron chi connectivity index (χ2n) is 5.03. The first kappa shape index (κ1) is 16.4. The lowest BCUT2D eigenvalue weighted by molar-refractivity contribution is 0.0695. The van der Waals surface area contributed by atoms with Crippen LogP contribution in [0.1, 0.15) is 36.0 Å². The van der Waals surface area contributed by atoms with Crippen LogP contribution >= 0.6 is 15.9 Å². The zero-order valence-electron chi connectivity index (χ0n) is 11.1. The van der Waals surface area contributed by atoms with Gasteiger partial charge < -0.3 is 10.2 Å². The van der Waals surface area contributed by atoms with Crippen molar-refractivity contribution >= 4 is 31.9 Å². The average Bonchev–Trinajstić information content (AvgIpc) is 2.41. The molecule has 0 saturated heterocycles. The number of benzene rings is 1. The van der Waals surface area contributed by atoms with Gasteiger partial charge >= 0.3 is 5.97 Å². The highest BCUT2D eigenvalue weighted by Crippen LogP contribution is 2.23. The van der Waals surface area contributed by atoms with Gasteiger partial charge in [0.2, 0.25) is 10.0 Å². The molecule has 0 spiro atoms. The van der Waals surface area contributed by atoms with Gasteiger partial charge in [-0.15, -0.1) is 0 Å². The molecule has 0 aliphatic heterocycles. The predicted octanol–water partition coefficient (Wildman–Crippen LogP) is 1.73. The Balaban J connectivity index is 2.27. The Kier molecular flexibility index (Phi) is 5.03. The van der Waals surface area contributed by atoms with E-state index in [1.54, 1.807) is 0 Å². The minimum absolute atomic E-state index is 0.123. The summed E-state index contributed by atoms with van der Waals surface area (Å²) in [4.78, 5) is 10.9.